The second-order valence-corrected chi connectivity index (χ2v) is 9.36. The average molecular weight is 327 g/mol. The summed E-state index contributed by atoms with van der Waals surface area (Å²) in [5.41, 5.74) is 0.481. The molecule has 0 aromatic rings. The Morgan fingerprint density at radius 1 is 0.870 bits per heavy atom. The molecule has 23 heavy (non-hydrogen) atoms. The summed E-state index contributed by atoms with van der Waals surface area (Å²) in [5.74, 6) is 0.0417. The summed E-state index contributed by atoms with van der Waals surface area (Å²) in [5, 5.41) is 0. The van der Waals surface area contributed by atoms with Crippen LogP contribution in [0.25, 0.3) is 0 Å². The number of hydrogen-bond donors (Lipinski definition) is 0. The summed E-state index contributed by atoms with van der Waals surface area (Å²) < 4.78 is 2.23. The van der Waals surface area contributed by atoms with Crippen LogP contribution in [0.1, 0.15) is 55.4 Å². The van der Waals surface area contributed by atoms with E-state index in [-0.39, 0.29) is 17.0 Å². The molecule has 1 spiro atoms. The Bertz CT molecular complexity index is 460. The first kappa shape index (κ1) is 19.2. The smallest absolute Gasteiger partial charge is 0.244 e. The molecule has 2 aliphatic heterocycles. The fourth-order valence-electron chi connectivity index (χ4n) is 6.43. The summed E-state index contributed by atoms with van der Waals surface area (Å²) in [7, 11) is 5.03. The van der Waals surface area contributed by atoms with Crippen LogP contribution in [0.3, 0.4) is 0 Å². The number of rotatable bonds is 4. The predicted octanol–water partition coefficient (Wildman–Crippen LogP) is 2.76. The van der Waals surface area contributed by atoms with Crippen LogP contribution in [-0.2, 0) is 0 Å². The number of likely N-dealkylation sites (N-methyl/N-ethyl adjacent to an activating group) is 4. The van der Waals surface area contributed by atoms with Crippen LogP contribution >= 0.6 is 0 Å². The zero-order valence-electron chi connectivity index (χ0n) is 17.5. The SMILES string of the molecule is CCN1CC(C)(C)[N@@+](C)(CC)C12N(CC)C(C)(C)C[N@+]2(C)CC. The summed E-state index contributed by atoms with van der Waals surface area (Å²) in [6.07, 6.45) is 0. The van der Waals surface area contributed by atoms with E-state index in [1.807, 2.05) is 0 Å². The molecular formula is C19H42N4+2. The molecule has 2 saturated heterocycles. The van der Waals surface area contributed by atoms with E-state index in [1.165, 1.54) is 26.2 Å². The lowest BCUT2D eigenvalue weighted by Crippen LogP contribution is -2.83. The highest BCUT2D eigenvalue weighted by molar-refractivity contribution is 5.00. The summed E-state index contributed by atoms with van der Waals surface area (Å²) in [4.78, 5) is 5.64. The van der Waals surface area contributed by atoms with Gasteiger partial charge in [0.2, 0.25) is 0 Å². The van der Waals surface area contributed by atoms with Gasteiger partial charge >= 0.3 is 5.91 Å². The first-order chi connectivity index (χ1) is 10.4. The zero-order chi connectivity index (χ0) is 17.9. The maximum atomic E-state index is 2.84. The van der Waals surface area contributed by atoms with E-state index in [0.29, 0.717) is 0 Å². The third-order valence-electron chi connectivity index (χ3n) is 7.58. The molecule has 0 radical (unpaired) electrons. The van der Waals surface area contributed by atoms with Crippen LogP contribution in [0.15, 0.2) is 0 Å². The van der Waals surface area contributed by atoms with E-state index >= 15 is 0 Å². The van der Waals surface area contributed by atoms with E-state index in [0.717, 1.165) is 22.1 Å². The first-order valence-electron chi connectivity index (χ1n) is 9.67. The Kier molecular flexibility index (Phi) is 4.52. The molecule has 4 nitrogen and oxygen atoms in total. The number of nitrogens with zero attached hydrogens (tertiary/aromatic N) is 4. The highest BCUT2D eigenvalue weighted by atomic mass is 15.9. The Hall–Kier alpha value is -0.160. The Labute approximate surface area is 145 Å². The molecule has 0 aromatic heterocycles. The van der Waals surface area contributed by atoms with Crippen molar-refractivity contribution in [3.05, 3.63) is 0 Å². The van der Waals surface area contributed by atoms with Crippen molar-refractivity contribution in [2.45, 2.75) is 72.4 Å². The fraction of sp³-hybridized carbons (Fsp3) is 1.00. The van der Waals surface area contributed by atoms with E-state index < -0.39 is 0 Å². The molecule has 3 atom stereocenters. The van der Waals surface area contributed by atoms with Gasteiger partial charge in [-0.2, -0.15) is 9.80 Å². The second kappa shape index (κ2) is 5.42. The molecule has 0 amide bonds. The minimum absolute atomic E-state index is 0.0417. The van der Waals surface area contributed by atoms with Crippen LogP contribution < -0.4 is 0 Å². The minimum atomic E-state index is 0.0417. The normalized spacial score (nSPS) is 43.6. The van der Waals surface area contributed by atoms with Crippen molar-refractivity contribution in [1.29, 1.82) is 0 Å². The largest absolute Gasteiger partial charge is 0.357 e. The van der Waals surface area contributed by atoms with Gasteiger partial charge in [-0.1, -0.05) is 13.8 Å². The minimum Gasteiger partial charge on any atom is -0.244 e. The molecule has 0 saturated carbocycles. The molecule has 1 unspecified atom stereocenters. The van der Waals surface area contributed by atoms with Crippen molar-refractivity contribution in [1.82, 2.24) is 9.80 Å². The van der Waals surface area contributed by atoms with Crippen LogP contribution in [0.4, 0.5) is 0 Å². The molecule has 2 heterocycles. The molecule has 0 N–H and O–H groups in total. The van der Waals surface area contributed by atoms with Gasteiger partial charge in [0.1, 0.15) is 12.1 Å². The van der Waals surface area contributed by atoms with E-state index in [9.17, 15) is 0 Å². The quantitative estimate of drug-likeness (QED) is 0.733. The Morgan fingerprint density at radius 2 is 1.43 bits per heavy atom. The second-order valence-electron chi connectivity index (χ2n) is 9.36. The lowest BCUT2D eigenvalue weighted by Gasteiger charge is -2.58. The van der Waals surface area contributed by atoms with Gasteiger partial charge in [0.15, 0.2) is 0 Å². The van der Waals surface area contributed by atoms with Crippen molar-refractivity contribution in [2.24, 2.45) is 0 Å². The molecule has 0 aliphatic carbocycles. The van der Waals surface area contributed by atoms with Gasteiger partial charge in [0.05, 0.1) is 39.3 Å². The van der Waals surface area contributed by atoms with Crippen LogP contribution in [0.5, 0.6) is 0 Å². The van der Waals surface area contributed by atoms with Gasteiger partial charge in [-0.25, -0.2) is 8.97 Å². The Balaban J connectivity index is 2.84. The van der Waals surface area contributed by atoms with Gasteiger partial charge in [-0.05, 0) is 41.5 Å². The van der Waals surface area contributed by atoms with Crippen molar-refractivity contribution in [3.8, 4) is 0 Å². The van der Waals surface area contributed by atoms with Gasteiger partial charge in [-0.15, -0.1) is 0 Å². The van der Waals surface area contributed by atoms with Crippen LogP contribution in [0, 0.1) is 0 Å². The van der Waals surface area contributed by atoms with Crippen LogP contribution in [0.2, 0.25) is 0 Å². The van der Waals surface area contributed by atoms with Gasteiger partial charge in [-0.3, -0.25) is 0 Å². The summed E-state index contributed by atoms with van der Waals surface area (Å²) in [6.45, 7) is 26.3. The summed E-state index contributed by atoms with van der Waals surface area (Å²) in [6, 6.07) is 0. The van der Waals surface area contributed by atoms with E-state index in [1.54, 1.807) is 0 Å². The number of quaternary nitrogens is 2. The van der Waals surface area contributed by atoms with Crippen molar-refractivity contribution in [2.75, 3.05) is 53.4 Å². The van der Waals surface area contributed by atoms with Gasteiger partial charge < -0.3 is 0 Å². The highest BCUT2D eigenvalue weighted by Crippen LogP contribution is 2.56. The van der Waals surface area contributed by atoms with Gasteiger partial charge in [0, 0.05) is 13.1 Å². The topological polar surface area (TPSA) is 6.48 Å². The molecule has 4 heteroatoms. The highest BCUT2D eigenvalue weighted by Gasteiger charge is 2.81. The molecule has 2 fully saturated rings. The zero-order valence-corrected chi connectivity index (χ0v) is 17.5. The fourth-order valence-corrected chi connectivity index (χ4v) is 6.43. The molecule has 136 valence electrons. The first-order valence-corrected chi connectivity index (χ1v) is 9.67. The Morgan fingerprint density at radius 3 is 1.83 bits per heavy atom. The molecular weight excluding hydrogens is 284 g/mol. The van der Waals surface area contributed by atoms with Gasteiger partial charge in [0.25, 0.3) is 0 Å². The lowest BCUT2D eigenvalue weighted by molar-refractivity contribution is -1.17. The third kappa shape index (κ3) is 1.98. The molecule has 2 rings (SSSR count). The maximum absolute atomic E-state index is 2.84. The molecule has 0 bridgehead atoms. The van der Waals surface area contributed by atoms with E-state index in [2.05, 4.69) is 79.3 Å². The predicted molar refractivity (Wildman–Crippen MR) is 98.8 cm³/mol. The maximum Gasteiger partial charge on any atom is 0.357 e. The third-order valence-corrected chi connectivity index (χ3v) is 7.58. The molecule has 0 aromatic carbocycles. The van der Waals surface area contributed by atoms with Crippen molar-refractivity contribution < 1.29 is 8.97 Å². The van der Waals surface area contributed by atoms with E-state index in [4.69, 9.17) is 0 Å². The monoisotopic (exact) mass is 326 g/mol. The van der Waals surface area contributed by atoms with Crippen molar-refractivity contribution in [3.63, 3.8) is 0 Å². The lowest BCUT2D eigenvalue weighted by atomic mass is 10.0. The summed E-state index contributed by atoms with van der Waals surface area (Å²) >= 11 is 0. The number of hydrogen-bond acceptors (Lipinski definition) is 2. The standard InChI is InChI=1S/C19H42N4/c1-11-20-15-18(7,8)23(10,14-4)19(20)21(12-2)17(5,6)16-22(19,9)13-3/h11-16H2,1-10H3/q+2/t19?,22-,23+/m0/s1. The van der Waals surface area contributed by atoms with Crippen LogP contribution in [-0.4, -0.2) is 89.1 Å². The van der Waals surface area contributed by atoms with Crippen molar-refractivity contribution >= 4 is 0 Å². The average Bonchev–Trinajstić information content (AvgIpc) is 2.77. The molecule has 2 aliphatic rings.